The van der Waals surface area contributed by atoms with Gasteiger partial charge in [-0.05, 0) is 36.4 Å². The number of carbonyl (C=O) groups excluding carboxylic acids is 1. The summed E-state index contributed by atoms with van der Waals surface area (Å²) < 4.78 is 0.777. The van der Waals surface area contributed by atoms with Gasteiger partial charge in [-0.2, -0.15) is 0 Å². The van der Waals surface area contributed by atoms with E-state index in [1.807, 2.05) is 22.6 Å². The van der Waals surface area contributed by atoms with Crippen molar-refractivity contribution in [3.8, 4) is 0 Å². The van der Waals surface area contributed by atoms with Gasteiger partial charge in [0.15, 0.2) is 11.9 Å². The lowest BCUT2D eigenvalue weighted by Gasteiger charge is -2.29. The van der Waals surface area contributed by atoms with Crippen molar-refractivity contribution < 1.29 is 4.79 Å². The standard InChI is InChI=1S/C7H9ClIN3O/c1-3-5(9)6(8)11-7(4(2)13)12(3)10/h7H,10H2,1-2H3. The van der Waals surface area contributed by atoms with E-state index in [4.69, 9.17) is 17.4 Å². The van der Waals surface area contributed by atoms with E-state index in [2.05, 4.69) is 4.99 Å². The van der Waals surface area contributed by atoms with Gasteiger partial charge in [-0.15, -0.1) is 0 Å². The highest BCUT2D eigenvalue weighted by atomic mass is 127. The fourth-order valence-electron chi connectivity index (χ4n) is 0.959. The van der Waals surface area contributed by atoms with Gasteiger partial charge in [-0.1, -0.05) is 11.6 Å². The van der Waals surface area contributed by atoms with Crippen molar-refractivity contribution in [2.45, 2.75) is 20.0 Å². The first-order valence-corrected chi connectivity index (χ1v) is 5.05. The minimum Gasteiger partial charge on any atom is -0.295 e. The molecule has 0 spiro atoms. The van der Waals surface area contributed by atoms with Gasteiger partial charge in [-0.3, -0.25) is 9.80 Å². The summed E-state index contributed by atoms with van der Waals surface area (Å²) in [7, 11) is 0. The van der Waals surface area contributed by atoms with E-state index in [-0.39, 0.29) is 5.78 Å². The summed E-state index contributed by atoms with van der Waals surface area (Å²) in [6.45, 7) is 3.23. The molecule has 13 heavy (non-hydrogen) atoms. The third-order valence-corrected chi connectivity index (χ3v) is 3.65. The van der Waals surface area contributed by atoms with Crippen molar-refractivity contribution in [1.29, 1.82) is 0 Å². The van der Waals surface area contributed by atoms with E-state index < -0.39 is 6.17 Å². The van der Waals surface area contributed by atoms with Crippen molar-refractivity contribution in [2.24, 2.45) is 10.8 Å². The lowest BCUT2D eigenvalue weighted by molar-refractivity contribution is -0.121. The predicted molar refractivity (Wildman–Crippen MR) is 60.5 cm³/mol. The van der Waals surface area contributed by atoms with Crippen LogP contribution in [0.25, 0.3) is 0 Å². The largest absolute Gasteiger partial charge is 0.295 e. The number of Topliss-reactive ketones (excluding diaryl/α,β-unsaturated/α-hetero) is 1. The highest BCUT2D eigenvalue weighted by molar-refractivity contribution is 14.1. The van der Waals surface area contributed by atoms with Gasteiger partial charge in [0, 0.05) is 5.70 Å². The summed E-state index contributed by atoms with van der Waals surface area (Å²) in [6, 6.07) is 0. The maximum absolute atomic E-state index is 11.1. The van der Waals surface area contributed by atoms with Gasteiger partial charge in [0.05, 0.1) is 3.58 Å². The molecule has 0 saturated carbocycles. The first-order valence-electron chi connectivity index (χ1n) is 3.59. The second-order valence-electron chi connectivity index (χ2n) is 2.71. The highest BCUT2D eigenvalue weighted by Crippen LogP contribution is 2.25. The SMILES string of the molecule is CC(=O)C1N=C(Cl)C(I)=C(C)N1N. The van der Waals surface area contributed by atoms with Crippen LogP contribution >= 0.6 is 34.2 Å². The molecule has 0 bridgehead atoms. The number of allylic oxidation sites excluding steroid dienone is 2. The molecule has 1 rings (SSSR count). The number of ketones is 1. The highest BCUT2D eigenvalue weighted by Gasteiger charge is 2.27. The molecule has 0 saturated heterocycles. The molecule has 0 aromatic rings. The Morgan fingerprint density at radius 1 is 1.77 bits per heavy atom. The van der Waals surface area contributed by atoms with Crippen LogP contribution in [0.15, 0.2) is 14.3 Å². The Morgan fingerprint density at radius 3 is 2.77 bits per heavy atom. The predicted octanol–water partition coefficient (Wildman–Crippen LogP) is 1.39. The Balaban J connectivity index is 3.07. The fourth-order valence-corrected chi connectivity index (χ4v) is 1.61. The van der Waals surface area contributed by atoms with Crippen LogP contribution in [0.1, 0.15) is 13.8 Å². The van der Waals surface area contributed by atoms with E-state index in [9.17, 15) is 4.79 Å². The quantitative estimate of drug-likeness (QED) is 0.588. The first-order chi connectivity index (χ1) is 5.95. The molecular weight excluding hydrogens is 304 g/mol. The molecule has 2 N–H and O–H groups in total. The minimum absolute atomic E-state index is 0.121. The van der Waals surface area contributed by atoms with Crippen molar-refractivity contribution in [3.63, 3.8) is 0 Å². The van der Waals surface area contributed by atoms with Crippen LogP contribution in [0, 0.1) is 0 Å². The molecule has 0 aromatic heterocycles. The molecule has 0 aromatic carbocycles. The molecule has 1 atom stereocenters. The normalized spacial score (nSPS) is 23.3. The van der Waals surface area contributed by atoms with Crippen molar-refractivity contribution >= 4 is 45.1 Å². The molecule has 6 heteroatoms. The smallest absolute Gasteiger partial charge is 0.194 e. The number of hydrogen-bond donors (Lipinski definition) is 1. The Labute approximate surface area is 94.9 Å². The number of nitrogens with two attached hydrogens (primary N) is 1. The Kier molecular flexibility index (Phi) is 3.31. The maximum atomic E-state index is 11.1. The number of halogens is 2. The summed E-state index contributed by atoms with van der Waals surface area (Å²) in [5, 5.41) is 1.68. The third-order valence-electron chi connectivity index (χ3n) is 1.75. The van der Waals surface area contributed by atoms with Gasteiger partial charge in [0.1, 0.15) is 5.17 Å². The molecule has 0 amide bonds. The molecule has 1 aliphatic rings. The molecule has 0 aliphatic carbocycles. The van der Waals surface area contributed by atoms with Crippen LogP contribution in [0.4, 0.5) is 0 Å². The summed E-state index contributed by atoms with van der Waals surface area (Å²) >= 11 is 7.86. The van der Waals surface area contributed by atoms with Crippen LogP contribution in [0.5, 0.6) is 0 Å². The van der Waals surface area contributed by atoms with Crippen molar-refractivity contribution in [2.75, 3.05) is 0 Å². The molecule has 0 fully saturated rings. The Hall–Kier alpha value is -0.140. The lowest BCUT2D eigenvalue weighted by atomic mass is 10.2. The van der Waals surface area contributed by atoms with Crippen LogP contribution in [-0.2, 0) is 4.79 Å². The third kappa shape index (κ3) is 2.03. The Morgan fingerprint density at radius 2 is 2.31 bits per heavy atom. The molecule has 1 aliphatic heterocycles. The van der Waals surface area contributed by atoms with Crippen LogP contribution in [0.3, 0.4) is 0 Å². The minimum atomic E-state index is -0.675. The molecule has 1 unspecified atom stereocenters. The van der Waals surface area contributed by atoms with Gasteiger partial charge >= 0.3 is 0 Å². The van der Waals surface area contributed by atoms with Crippen LogP contribution < -0.4 is 5.84 Å². The van der Waals surface area contributed by atoms with E-state index >= 15 is 0 Å². The average molecular weight is 314 g/mol. The molecular formula is C7H9ClIN3O. The van der Waals surface area contributed by atoms with Gasteiger partial charge in [0.25, 0.3) is 0 Å². The maximum Gasteiger partial charge on any atom is 0.194 e. The average Bonchev–Trinajstić information content (AvgIpc) is 2.07. The summed E-state index contributed by atoms with van der Waals surface area (Å²) in [6.07, 6.45) is -0.675. The summed E-state index contributed by atoms with van der Waals surface area (Å²) in [4.78, 5) is 15.1. The van der Waals surface area contributed by atoms with Crippen molar-refractivity contribution in [3.05, 3.63) is 9.28 Å². The van der Waals surface area contributed by atoms with E-state index in [0.29, 0.717) is 5.17 Å². The number of aliphatic imine (C=N–C) groups is 1. The Bertz CT molecular complexity index is 313. The number of nitrogens with zero attached hydrogens (tertiary/aromatic N) is 2. The molecule has 4 nitrogen and oxygen atoms in total. The van der Waals surface area contributed by atoms with Gasteiger partial charge in [0.2, 0.25) is 0 Å². The topological polar surface area (TPSA) is 58.7 Å². The molecule has 0 radical (unpaired) electrons. The van der Waals surface area contributed by atoms with E-state index in [1.165, 1.54) is 11.9 Å². The number of rotatable bonds is 1. The monoisotopic (exact) mass is 313 g/mol. The summed E-state index contributed by atoms with van der Waals surface area (Å²) in [5.41, 5.74) is 0.765. The van der Waals surface area contributed by atoms with Crippen LogP contribution in [-0.4, -0.2) is 22.1 Å². The molecule has 72 valence electrons. The van der Waals surface area contributed by atoms with E-state index in [0.717, 1.165) is 9.28 Å². The number of carbonyl (C=O) groups is 1. The molecule has 1 heterocycles. The lowest BCUT2D eigenvalue weighted by Crippen LogP contribution is -2.45. The fraction of sp³-hybridized carbons (Fsp3) is 0.429. The van der Waals surface area contributed by atoms with Gasteiger partial charge in [-0.25, -0.2) is 10.8 Å². The second kappa shape index (κ2) is 3.93. The number of hydrazine groups is 1. The van der Waals surface area contributed by atoms with Crippen LogP contribution in [0.2, 0.25) is 0 Å². The second-order valence-corrected chi connectivity index (χ2v) is 4.15. The first kappa shape index (κ1) is 10.9. The zero-order chi connectivity index (χ0) is 10.2. The summed E-state index contributed by atoms with van der Waals surface area (Å²) in [5.74, 6) is 5.54. The number of hydrogen-bond acceptors (Lipinski definition) is 4. The zero-order valence-corrected chi connectivity index (χ0v) is 10.1. The van der Waals surface area contributed by atoms with E-state index in [1.54, 1.807) is 6.92 Å². The van der Waals surface area contributed by atoms with Gasteiger partial charge < -0.3 is 0 Å². The zero-order valence-electron chi connectivity index (χ0n) is 7.21. The van der Waals surface area contributed by atoms with Crippen molar-refractivity contribution in [1.82, 2.24) is 5.01 Å².